The van der Waals surface area contributed by atoms with Crippen LogP contribution in [0.3, 0.4) is 0 Å². The van der Waals surface area contributed by atoms with Gasteiger partial charge in [0.1, 0.15) is 0 Å². The quantitative estimate of drug-likeness (QED) is 0.541. The molecule has 0 aliphatic rings. The van der Waals surface area contributed by atoms with Crippen molar-refractivity contribution in [2.24, 2.45) is 0 Å². The fourth-order valence-corrected chi connectivity index (χ4v) is 0. The van der Waals surface area contributed by atoms with Crippen LogP contribution < -0.4 is 0 Å². The largest absolute Gasteiger partial charge is 0 e. The van der Waals surface area contributed by atoms with E-state index in [4.69, 9.17) is 0 Å². The fourth-order valence-electron chi connectivity index (χ4n) is 0. The van der Waals surface area contributed by atoms with Crippen molar-refractivity contribution in [3.63, 3.8) is 0 Å². The van der Waals surface area contributed by atoms with E-state index in [-0.39, 0.29) is 38.8 Å². The van der Waals surface area contributed by atoms with Crippen LogP contribution in [0.1, 0.15) is 0 Å². The van der Waals surface area contributed by atoms with Gasteiger partial charge in [0, 0.05) is 38.8 Å². The summed E-state index contributed by atoms with van der Waals surface area (Å²) in [5.74, 6) is 0. The summed E-state index contributed by atoms with van der Waals surface area (Å²) in [6, 6.07) is 0. The van der Waals surface area contributed by atoms with Gasteiger partial charge in [0.25, 0.3) is 0 Å². The monoisotopic (exact) mass is 267 g/mol. The second-order valence-corrected chi connectivity index (χ2v) is 0. The van der Waals surface area contributed by atoms with Crippen LogP contribution in [0.4, 0.5) is 0 Å². The van der Waals surface area contributed by atoms with Crippen LogP contribution in [-0.2, 0) is 69.5 Å². The zero-order valence-electron chi connectivity index (χ0n) is 1.53. The molecule has 0 nitrogen and oxygen atoms in total. The van der Waals surface area contributed by atoms with Gasteiger partial charge in [0.05, 0.1) is 0 Å². The molecule has 4 heteroatoms. The Balaban J connectivity index is -0.00000000500. The first-order chi connectivity index (χ1) is 1.00. The van der Waals surface area contributed by atoms with Crippen molar-refractivity contribution in [2.75, 3.05) is 0 Å². The van der Waals surface area contributed by atoms with Gasteiger partial charge < -0.3 is 0 Å². The Morgan fingerprint density at radius 1 is 1.25 bits per heavy atom. The van der Waals surface area contributed by atoms with Gasteiger partial charge >= 0.3 is 30.7 Å². The molecule has 0 atom stereocenters. The van der Waals surface area contributed by atoms with Crippen LogP contribution in [-0.4, -0.2) is 0 Å². The zero-order chi connectivity index (χ0) is 2.00. The van der Waals surface area contributed by atoms with Crippen molar-refractivity contribution in [3.05, 3.63) is 0 Å². The Bertz CT molecular complexity index is 8.00. The van der Waals surface area contributed by atoms with Gasteiger partial charge in [-0.2, -0.15) is 0 Å². The molecule has 0 aliphatic carbocycles. The van der Waals surface area contributed by atoms with Crippen LogP contribution in [0.25, 0.3) is 0 Å². The first-order valence-electron chi connectivity index (χ1n) is 0.129. The summed E-state index contributed by atoms with van der Waals surface area (Å²) in [7, 11) is 0. The van der Waals surface area contributed by atoms with E-state index in [2.05, 4.69) is 12.9 Å². The van der Waals surface area contributed by atoms with E-state index >= 15 is 0 Å². The van der Waals surface area contributed by atoms with Gasteiger partial charge in [-0.1, -0.05) is 0 Å². The maximum atomic E-state index is 3.88. The minimum absolute atomic E-state index is 0. The van der Waals surface area contributed by atoms with Crippen LogP contribution in [0.2, 0.25) is 0 Å². The van der Waals surface area contributed by atoms with E-state index in [1.165, 1.54) is 0 Å². The maximum Gasteiger partial charge on any atom is 0 e. The predicted octanol–water partition coefficient (Wildman–Crippen LogP) is -0.0100. The van der Waals surface area contributed by atoms with Gasteiger partial charge in [-0.15, -0.1) is 0 Å². The van der Waals surface area contributed by atoms with E-state index in [1.54, 1.807) is 17.9 Å². The van der Waals surface area contributed by atoms with Crippen molar-refractivity contribution in [1.29, 1.82) is 0 Å². The van der Waals surface area contributed by atoms with E-state index < -0.39 is 0 Å². The Morgan fingerprint density at radius 2 is 1.25 bits per heavy atom. The minimum Gasteiger partial charge on any atom is 0 e. The van der Waals surface area contributed by atoms with Crippen molar-refractivity contribution >= 4 is 0 Å². The average Bonchev–Trinajstić information content (AvgIpc) is 1.00. The number of hydrogen-bond donors (Lipinski definition) is 0. The molecule has 0 aromatic heterocycles. The smallest absolute Gasteiger partial charge is 0 e. The molecule has 0 saturated carbocycles. The molecule has 1 radical (unpaired) electrons. The van der Waals surface area contributed by atoms with Gasteiger partial charge in [-0.3, -0.25) is 0 Å². The number of hydrogen-bond acceptors (Lipinski definition) is 0. The second kappa shape index (κ2) is 18.1. The van der Waals surface area contributed by atoms with E-state index in [1.807, 2.05) is 0 Å². The normalized spacial score (nSPS) is 1.50. The van der Waals surface area contributed by atoms with Crippen LogP contribution in [0.5, 0.6) is 0 Å². The van der Waals surface area contributed by atoms with Gasteiger partial charge in [-0.05, 0) is 0 Å². The fraction of sp³-hybridized carbons (Fsp3) is 0. The molecule has 31 valence electrons. The van der Waals surface area contributed by atoms with Crippen LogP contribution >= 0.6 is 0 Å². The first kappa shape index (κ1) is 16.1. The molecule has 0 heterocycles. The summed E-state index contributed by atoms with van der Waals surface area (Å²) in [4.78, 5) is 0. The summed E-state index contributed by atoms with van der Waals surface area (Å²) in [6.07, 6.45) is 0. The maximum absolute atomic E-state index is 3.88. The van der Waals surface area contributed by atoms with Gasteiger partial charge in [-0.25, -0.2) is 0 Å². The topological polar surface area (TPSA) is 0 Å². The average molecular weight is 266 g/mol. The third-order valence-electron chi connectivity index (χ3n) is 0. The molecule has 4 heavy (non-hydrogen) atoms. The predicted molar refractivity (Wildman–Crippen MR) is 0 cm³/mol. The van der Waals surface area contributed by atoms with E-state index in [0.29, 0.717) is 0 Å². The SMILES string of the molecule is [Cu].[Ni][Mo].[Ti]. The van der Waals surface area contributed by atoms with E-state index in [9.17, 15) is 0 Å². The molecule has 0 unspecified atom stereocenters. The Labute approximate surface area is 68.6 Å². The van der Waals surface area contributed by atoms with Gasteiger partial charge in [0.2, 0.25) is 0 Å². The summed E-state index contributed by atoms with van der Waals surface area (Å²) in [5, 5.41) is 0. The molecule has 0 aliphatic heterocycles. The summed E-state index contributed by atoms with van der Waals surface area (Å²) < 4.78 is 0. The third-order valence-corrected chi connectivity index (χ3v) is 0. The molecular weight excluding hydrogens is 266 g/mol. The van der Waals surface area contributed by atoms with Crippen LogP contribution in [0, 0.1) is 0 Å². The molecule has 0 saturated heterocycles. The molecule has 0 fully saturated rings. The third kappa shape index (κ3) is 8.83. The van der Waals surface area contributed by atoms with Crippen molar-refractivity contribution in [1.82, 2.24) is 0 Å². The Morgan fingerprint density at radius 3 is 1.25 bits per heavy atom. The van der Waals surface area contributed by atoms with Crippen molar-refractivity contribution < 1.29 is 69.5 Å². The molecule has 0 aromatic carbocycles. The van der Waals surface area contributed by atoms with E-state index in [0.717, 1.165) is 0 Å². The molecular formula is CuMoNiTi. The Hall–Kier alpha value is 2.42. The van der Waals surface area contributed by atoms with Gasteiger partial charge in [0.15, 0.2) is 0 Å². The molecule has 0 spiro atoms. The molecule has 0 rings (SSSR count). The summed E-state index contributed by atoms with van der Waals surface area (Å²) in [6.45, 7) is 0. The number of rotatable bonds is 0. The van der Waals surface area contributed by atoms with Crippen LogP contribution in [0.15, 0.2) is 0 Å². The standard InChI is InChI=1S/Cu.Mo.Ni.Ti. The minimum atomic E-state index is 0. The molecule has 0 bridgehead atoms. The molecule has 0 aromatic rings. The molecule has 0 amide bonds. The first-order valence-corrected chi connectivity index (χ1v) is 3.15. The second-order valence-electron chi connectivity index (χ2n) is 0. The molecule has 0 N–H and O–H groups in total. The summed E-state index contributed by atoms with van der Waals surface area (Å²) >= 11 is 5.46. The summed E-state index contributed by atoms with van der Waals surface area (Å²) in [5.41, 5.74) is 0. The Kier molecular flexibility index (Phi) is 73.0. The zero-order valence-corrected chi connectivity index (χ0v) is 7.02. The van der Waals surface area contributed by atoms with Crippen molar-refractivity contribution in [3.8, 4) is 0 Å². The van der Waals surface area contributed by atoms with Crippen molar-refractivity contribution in [2.45, 2.75) is 0 Å².